The molecule has 4 heteroatoms. The topological polar surface area (TPSA) is 26.3 Å². The van der Waals surface area contributed by atoms with Crippen molar-refractivity contribution < 1.29 is 9.53 Å². The number of benzene rings is 1. The van der Waals surface area contributed by atoms with Crippen molar-refractivity contribution in [3.63, 3.8) is 0 Å². The fourth-order valence-corrected chi connectivity index (χ4v) is 4.59. The van der Waals surface area contributed by atoms with Gasteiger partial charge in [-0.15, -0.1) is 11.8 Å². The molecule has 0 aliphatic carbocycles. The number of aryl methyl sites for hydroxylation is 1. The first kappa shape index (κ1) is 22.0. The van der Waals surface area contributed by atoms with Crippen LogP contribution in [0.15, 0.2) is 39.9 Å². The third-order valence-corrected chi connectivity index (χ3v) is 6.49. The summed E-state index contributed by atoms with van der Waals surface area (Å²) in [7, 11) is 0. The summed E-state index contributed by atoms with van der Waals surface area (Å²) < 4.78 is 5.51. The standard InChI is InChI=1S/C23H32O2S2/c1-4-7-8-18(5-2)16-25-23(24)10-12-27-22-14-19(6-3)13-21(15-22)20-9-11-26-17-20/h9,11,13-15,17-18H,4-8,10,12,16H2,1-3H3. The molecular formula is C23H32O2S2. The second-order valence-electron chi connectivity index (χ2n) is 6.93. The molecular weight excluding hydrogens is 372 g/mol. The van der Waals surface area contributed by atoms with Crippen LogP contribution in [0.4, 0.5) is 0 Å². The monoisotopic (exact) mass is 404 g/mol. The van der Waals surface area contributed by atoms with Crippen molar-refractivity contribution in [2.24, 2.45) is 5.92 Å². The Morgan fingerprint density at radius 1 is 1.19 bits per heavy atom. The summed E-state index contributed by atoms with van der Waals surface area (Å²) in [6.07, 6.45) is 6.14. The average molecular weight is 405 g/mol. The molecule has 2 aromatic rings. The largest absolute Gasteiger partial charge is 0.465 e. The SMILES string of the molecule is CCCCC(CC)COC(=O)CCSc1cc(CC)cc(-c2ccsc2)c1. The van der Waals surface area contributed by atoms with Gasteiger partial charge in [0.2, 0.25) is 0 Å². The number of thioether (sulfide) groups is 1. The lowest BCUT2D eigenvalue weighted by Crippen LogP contribution is -2.14. The van der Waals surface area contributed by atoms with Crippen molar-refractivity contribution in [3.8, 4) is 11.1 Å². The normalized spacial score (nSPS) is 12.1. The molecule has 1 atom stereocenters. The van der Waals surface area contributed by atoms with Gasteiger partial charge in [0.15, 0.2) is 0 Å². The van der Waals surface area contributed by atoms with Crippen LogP contribution in [-0.2, 0) is 16.0 Å². The molecule has 2 nitrogen and oxygen atoms in total. The van der Waals surface area contributed by atoms with Crippen LogP contribution >= 0.6 is 23.1 Å². The van der Waals surface area contributed by atoms with Gasteiger partial charge in [0, 0.05) is 10.6 Å². The van der Waals surface area contributed by atoms with Crippen LogP contribution in [-0.4, -0.2) is 18.3 Å². The zero-order valence-corrected chi connectivity index (χ0v) is 18.5. The molecule has 1 unspecified atom stereocenters. The first-order chi connectivity index (χ1) is 13.2. The molecule has 27 heavy (non-hydrogen) atoms. The second-order valence-corrected chi connectivity index (χ2v) is 8.88. The first-order valence-electron chi connectivity index (χ1n) is 10.1. The van der Waals surface area contributed by atoms with Gasteiger partial charge in [0.1, 0.15) is 0 Å². The molecule has 0 saturated carbocycles. The van der Waals surface area contributed by atoms with Gasteiger partial charge < -0.3 is 4.74 Å². The van der Waals surface area contributed by atoms with E-state index in [0.717, 1.165) is 25.0 Å². The maximum absolute atomic E-state index is 12.1. The number of esters is 1. The van der Waals surface area contributed by atoms with Crippen LogP contribution in [0, 0.1) is 5.92 Å². The molecule has 1 heterocycles. The summed E-state index contributed by atoms with van der Waals surface area (Å²) in [6, 6.07) is 8.90. The molecule has 1 aromatic heterocycles. The predicted octanol–water partition coefficient (Wildman–Crippen LogP) is 7.22. The zero-order chi connectivity index (χ0) is 19.5. The van der Waals surface area contributed by atoms with Crippen molar-refractivity contribution in [3.05, 3.63) is 40.6 Å². The summed E-state index contributed by atoms with van der Waals surface area (Å²) in [5.41, 5.74) is 3.88. The molecule has 0 aliphatic heterocycles. The van der Waals surface area contributed by atoms with Gasteiger partial charge in [-0.25, -0.2) is 0 Å². The fraction of sp³-hybridized carbons (Fsp3) is 0.522. The molecule has 1 aromatic carbocycles. The van der Waals surface area contributed by atoms with E-state index in [2.05, 4.69) is 55.8 Å². The highest BCUT2D eigenvalue weighted by molar-refractivity contribution is 7.99. The van der Waals surface area contributed by atoms with Crippen molar-refractivity contribution >= 4 is 29.1 Å². The predicted molar refractivity (Wildman–Crippen MR) is 119 cm³/mol. The van der Waals surface area contributed by atoms with Crippen LogP contribution in [0.5, 0.6) is 0 Å². The van der Waals surface area contributed by atoms with Gasteiger partial charge in [-0.1, -0.05) is 46.1 Å². The molecule has 148 valence electrons. The number of rotatable bonds is 12. The Morgan fingerprint density at radius 3 is 2.70 bits per heavy atom. The van der Waals surface area contributed by atoms with E-state index in [1.165, 1.54) is 34.4 Å². The van der Waals surface area contributed by atoms with E-state index in [0.29, 0.717) is 18.9 Å². The third-order valence-electron chi connectivity index (χ3n) is 4.83. The van der Waals surface area contributed by atoms with Gasteiger partial charge >= 0.3 is 5.97 Å². The lowest BCUT2D eigenvalue weighted by molar-refractivity contribution is -0.144. The van der Waals surface area contributed by atoms with Crippen LogP contribution in [0.1, 0.15) is 58.4 Å². The van der Waals surface area contributed by atoms with Crippen LogP contribution in [0.25, 0.3) is 11.1 Å². The lowest BCUT2D eigenvalue weighted by Gasteiger charge is -2.14. The maximum Gasteiger partial charge on any atom is 0.306 e. The zero-order valence-electron chi connectivity index (χ0n) is 16.8. The summed E-state index contributed by atoms with van der Waals surface area (Å²) >= 11 is 3.47. The van der Waals surface area contributed by atoms with Crippen molar-refractivity contribution in [1.29, 1.82) is 0 Å². The molecule has 0 N–H and O–H groups in total. The number of carbonyl (C=O) groups is 1. The highest BCUT2D eigenvalue weighted by Crippen LogP contribution is 2.29. The minimum absolute atomic E-state index is 0.0675. The van der Waals surface area contributed by atoms with Gasteiger partial charge in [-0.2, -0.15) is 11.3 Å². The van der Waals surface area contributed by atoms with E-state index < -0.39 is 0 Å². The highest BCUT2D eigenvalue weighted by atomic mass is 32.2. The average Bonchev–Trinajstić information content (AvgIpc) is 3.23. The van der Waals surface area contributed by atoms with Gasteiger partial charge in [0.05, 0.1) is 13.0 Å². The van der Waals surface area contributed by atoms with Gasteiger partial charge in [0.25, 0.3) is 0 Å². The molecule has 0 aliphatic rings. The summed E-state index contributed by atoms with van der Waals surface area (Å²) in [5.74, 6) is 1.21. The number of carbonyl (C=O) groups excluding carboxylic acids is 1. The molecule has 0 radical (unpaired) electrons. The Morgan fingerprint density at radius 2 is 2.04 bits per heavy atom. The van der Waals surface area contributed by atoms with Crippen molar-refractivity contribution in [2.45, 2.75) is 64.2 Å². The van der Waals surface area contributed by atoms with Crippen molar-refractivity contribution in [2.75, 3.05) is 12.4 Å². The molecule has 0 fully saturated rings. The lowest BCUT2D eigenvalue weighted by atomic mass is 10.0. The van der Waals surface area contributed by atoms with Crippen molar-refractivity contribution in [1.82, 2.24) is 0 Å². The molecule has 0 bridgehead atoms. The Labute approximate surface area is 172 Å². The minimum Gasteiger partial charge on any atom is -0.465 e. The Balaban J connectivity index is 1.82. The van der Waals surface area contributed by atoms with E-state index >= 15 is 0 Å². The van der Waals surface area contributed by atoms with E-state index in [-0.39, 0.29) is 5.97 Å². The number of thiophene rings is 1. The number of ether oxygens (including phenoxy) is 1. The Kier molecular flexibility index (Phi) is 10.00. The summed E-state index contributed by atoms with van der Waals surface area (Å²) in [6.45, 7) is 7.14. The number of unbranched alkanes of at least 4 members (excludes halogenated alkanes) is 1. The summed E-state index contributed by atoms with van der Waals surface area (Å²) in [4.78, 5) is 13.3. The number of hydrogen-bond donors (Lipinski definition) is 0. The second kappa shape index (κ2) is 12.2. The third kappa shape index (κ3) is 7.71. The minimum atomic E-state index is -0.0675. The van der Waals surface area contributed by atoms with Crippen LogP contribution in [0.3, 0.4) is 0 Å². The van der Waals surface area contributed by atoms with E-state index in [9.17, 15) is 4.79 Å². The quantitative estimate of drug-likeness (QED) is 0.276. The number of hydrogen-bond acceptors (Lipinski definition) is 4. The van der Waals surface area contributed by atoms with Gasteiger partial charge in [-0.3, -0.25) is 4.79 Å². The molecule has 0 amide bonds. The smallest absolute Gasteiger partial charge is 0.306 e. The van der Waals surface area contributed by atoms with Crippen LogP contribution in [0.2, 0.25) is 0 Å². The molecule has 2 rings (SSSR count). The summed E-state index contributed by atoms with van der Waals surface area (Å²) in [5, 5.41) is 4.30. The molecule has 0 spiro atoms. The van der Waals surface area contributed by atoms with Crippen LogP contribution < -0.4 is 0 Å². The van der Waals surface area contributed by atoms with E-state index in [4.69, 9.17) is 4.74 Å². The van der Waals surface area contributed by atoms with E-state index in [1.807, 2.05) is 0 Å². The first-order valence-corrected chi connectivity index (χ1v) is 12.0. The van der Waals surface area contributed by atoms with Gasteiger partial charge in [-0.05, 0) is 64.4 Å². The molecule has 0 saturated heterocycles. The Hall–Kier alpha value is -1.26. The highest BCUT2D eigenvalue weighted by Gasteiger charge is 2.11. The fourth-order valence-electron chi connectivity index (χ4n) is 2.98. The Bertz CT molecular complexity index is 680. The maximum atomic E-state index is 12.1. The van der Waals surface area contributed by atoms with E-state index in [1.54, 1.807) is 23.1 Å².